The lowest BCUT2D eigenvalue weighted by Gasteiger charge is -2.16. The van der Waals surface area contributed by atoms with Crippen LogP contribution in [0.15, 0.2) is 47.4 Å². The summed E-state index contributed by atoms with van der Waals surface area (Å²) in [6.07, 6.45) is 0. The Morgan fingerprint density at radius 1 is 1.18 bits per heavy atom. The summed E-state index contributed by atoms with van der Waals surface area (Å²) in [7, 11) is 0. The van der Waals surface area contributed by atoms with Crippen molar-refractivity contribution in [2.45, 2.75) is 19.5 Å². The van der Waals surface area contributed by atoms with E-state index in [1.54, 1.807) is 18.2 Å². The standard InChI is InChI=1S/C19H15Cl2F2N3O2/c1-10(24-12-4-6-14(16(21)8-12)19(2,22)23)13-5-3-11(7-15(13)20)18-26-25-17(9-27)28-18/h3-8,24,27H,1,9H2,2H3. The molecule has 0 aliphatic rings. The van der Waals surface area contributed by atoms with Crippen molar-refractivity contribution >= 4 is 34.6 Å². The van der Waals surface area contributed by atoms with E-state index < -0.39 is 5.92 Å². The normalized spacial score (nSPS) is 11.5. The third-order valence-electron chi connectivity index (χ3n) is 3.88. The molecule has 1 heterocycles. The first-order chi connectivity index (χ1) is 13.2. The Labute approximate surface area is 169 Å². The van der Waals surface area contributed by atoms with Crippen molar-refractivity contribution in [2.75, 3.05) is 5.32 Å². The summed E-state index contributed by atoms with van der Waals surface area (Å²) in [5.74, 6) is -2.71. The van der Waals surface area contributed by atoms with Gasteiger partial charge < -0.3 is 14.8 Å². The minimum absolute atomic E-state index is 0.0529. The number of benzene rings is 2. The lowest BCUT2D eigenvalue weighted by molar-refractivity contribution is 0.0176. The predicted molar refractivity (Wildman–Crippen MR) is 104 cm³/mol. The van der Waals surface area contributed by atoms with E-state index in [0.717, 1.165) is 6.92 Å². The van der Waals surface area contributed by atoms with Crippen LogP contribution in [0.5, 0.6) is 0 Å². The van der Waals surface area contributed by atoms with Crippen LogP contribution in [0.3, 0.4) is 0 Å². The van der Waals surface area contributed by atoms with E-state index >= 15 is 0 Å². The Balaban J connectivity index is 1.80. The highest BCUT2D eigenvalue weighted by Gasteiger charge is 2.27. The lowest BCUT2D eigenvalue weighted by atomic mass is 10.1. The molecule has 0 aliphatic heterocycles. The summed E-state index contributed by atoms with van der Waals surface area (Å²) < 4.78 is 32.2. The maximum atomic E-state index is 13.5. The summed E-state index contributed by atoms with van der Waals surface area (Å²) in [6, 6.07) is 9.17. The van der Waals surface area contributed by atoms with Crippen LogP contribution < -0.4 is 5.32 Å². The highest BCUT2D eigenvalue weighted by atomic mass is 35.5. The quantitative estimate of drug-likeness (QED) is 0.527. The second-order valence-electron chi connectivity index (χ2n) is 6.04. The van der Waals surface area contributed by atoms with Crippen molar-refractivity contribution in [3.05, 3.63) is 70.0 Å². The van der Waals surface area contributed by atoms with Crippen LogP contribution in [0, 0.1) is 0 Å². The van der Waals surface area contributed by atoms with Crippen molar-refractivity contribution in [3.8, 4) is 11.5 Å². The Bertz CT molecular complexity index is 1030. The molecule has 5 nitrogen and oxygen atoms in total. The summed E-state index contributed by atoms with van der Waals surface area (Å²) in [4.78, 5) is 0. The molecule has 2 N–H and O–H groups in total. The Kier molecular flexibility index (Phi) is 5.69. The zero-order valence-electron chi connectivity index (χ0n) is 14.6. The molecule has 0 unspecified atom stereocenters. The first-order valence-corrected chi connectivity index (χ1v) is 8.82. The molecule has 0 fully saturated rings. The van der Waals surface area contributed by atoms with Gasteiger partial charge in [0.1, 0.15) is 6.61 Å². The fourth-order valence-corrected chi connectivity index (χ4v) is 3.16. The number of hydrogen-bond acceptors (Lipinski definition) is 5. The van der Waals surface area contributed by atoms with Crippen LogP contribution in [-0.4, -0.2) is 15.3 Å². The highest BCUT2D eigenvalue weighted by Crippen LogP contribution is 2.35. The SMILES string of the molecule is C=C(Nc1ccc(C(C)(F)F)c(Cl)c1)c1ccc(-c2nnc(CO)o2)cc1Cl. The van der Waals surface area contributed by atoms with Gasteiger partial charge in [-0.2, -0.15) is 0 Å². The summed E-state index contributed by atoms with van der Waals surface area (Å²) >= 11 is 12.3. The summed E-state index contributed by atoms with van der Waals surface area (Å²) in [6.45, 7) is 4.36. The molecule has 2 aromatic carbocycles. The molecule has 0 saturated carbocycles. The smallest absolute Gasteiger partial charge is 0.271 e. The molecule has 0 amide bonds. The predicted octanol–water partition coefficient (Wildman–Crippen LogP) is 5.73. The number of aliphatic hydroxyl groups is 1. The number of alkyl halides is 2. The third-order valence-corrected chi connectivity index (χ3v) is 4.51. The van der Waals surface area contributed by atoms with Crippen LogP contribution in [0.1, 0.15) is 23.9 Å². The molecule has 0 atom stereocenters. The van der Waals surface area contributed by atoms with Gasteiger partial charge in [-0.05, 0) is 30.3 Å². The fraction of sp³-hybridized carbons (Fsp3) is 0.158. The van der Waals surface area contributed by atoms with Gasteiger partial charge in [0.15, 0.2) is 0 Å². The van der Waals surface area contributed by atoms with Gasteiger partial charge in [0.05, 0.1) is 10.0 Å². The number of hydrogen-bond donors (Lipinski definition) is 2. The third kappa shape index (κ3) is 4.32. The molecular weight excluding hydrogens is 411 g/mol. The van der Waals surface area contributed by atoms with E-state index in [-0.39, 0.29) is 29.0 Å². The Hall–Kier alpha value is -2.48. The Morgan fingerprint density at radius 2 is 1.93 bits per heavy atom. The maximum absolute atomic E-state index is 13.5. The second-order valence-corrected chi connectivity index (χ2v) is 6.85. The van der Waals surface area contributed by atoms with Gasteiger partial charge in [-0.25, -0.2) is 8.78 Å². The molecule has 3 aromatic rings. The van der Waals surface area contributed by atoms with Crippen LogP contribution in [-0.2, 0) is 12.5 Å². The summed E-state index contributed by atoms with van der Waals surface area (Å²) in [5.41, 5.74) is 1.85. The number of rotatable bonds is 6. The van der Waals surface area contributed by atoms with Crippen LogP contribution >= 0.6 is 23.2 Å². The first-order valence-electron chi connectivity index (χ1n) is 8.06. The van der Waals surface area contributed by atoms with Gasteiger partial charge in [0.2, 0.25) is 11.8 Å². The number of nitrogens with one attached hydrogen (secondary N) is 1. The van der Waals surface area contributed by atoms with Gasteiger partial charge in [-0.15, -0.1) is 10.2 Å². The van der Waals surface area contributed by atoms with Gasteiger partial charge in [0.25, 0.3) is 5.92 Å². The number of nitrogens with zero attached hydrogens (tertiary/aromatic N) is 2. The van der Waals surface area contributed by atoms with Crippen molar-refractivity contribution < 1.29 is 18.3 Å². The molecule has 1 aromatic heterocycles. The average Bonchev–Trinajstić information content (AvgIpc) is 3.09. The lowest BCUT2D eigenvalue weighted by Crippen LogP contribution is -2.08. The molecule has 3 rings (SSSR count). The van der Waals surface area contributed by atoms with Gasteiger partial charge in [-0.1, -0.05) is 35.8 Å². The van der Waals surface area contributed by atoms with Crippen LogP contribution in [0.4, 0.5) is 14.5 Å². The van der Waals surface area contributed by atoms with Crippen LogP contribution in [0.2, 0.25) is 10.0 Å². The summed E-state index contributed by atoms with van der Waals surface area (Å²) in [5, 5.41) is 19.8. The highest BCUT2D eigenvalue weighted by molar-refractivity contribution is 6.33. The number of aliphatic hydroxyl groups excluding tert-OH is 1. The number of halogens is 4. The fourth-order valence-electron chi connectivity index (χ4n) is 2.52. The molecule has 146 valence electrons. The van der Waals surface area contributed by atoms with Crippen molar-refractivity contribution in [1.29, 1.82) is 0 Å². The molecule has 0 aliphatic carbocycles. The Morgan fingerprint density at radius 3 is 2.50 bits per heavy atom. The number of aromatic nitrogens is 2. The molecule has 28 heavy (non-hydrogen) atoms. The zero-order chi connectivity index (χ0) is 20.5. The van der Waals surface area contributed by atoms with E-state index in [2.05, 4.69) is 22.1 Å². The molecule has 0 bridgehead atoms. The minimum Gasteiger partial charge on any atom is -0.418 e. The van der Waals surface area contributed by atoms with Crippen molar-refractivity contribution in [1.82, 2.24) is 10.2 Å². The van der Waals surface area contributed by atoms with Crippen molar-refractivity contribution in [3.63, 3.8) is 0 Å². The van der Waals surface area contributed by atoms with Gasteiger partial charge in [0, 0.05) is 35.0 Å². The number of anilines is 1. The van der Waals surface area contributed by atoms with E-state index in [1.807, 2.05) is 0 Å². The minimum atomic E-state index is -3.03. The van der Waals surface area contributed by atoms with E-state index in [4.69, 9.17) is 32.7 Å². The van der Waals surface area contributed by atoms with Crippen LogP contribution in [0.25, 0.3) is 17.2 Å². The average molecular weight is 426 g/mol. The monoisotopic (exact) mass is 425 g/mol. The zero-order valence-corrected chi connectivity index (χ0v) is 16.2. The molecule has 0 saturated heterocycles. The van der Waals surface area contributed by atoms with Gasteiger partial charge >= 0.3 is 0 Å². The van der Waals surface area contributed by atoms with E-state index in [0.29, 0.717) is 27.5 Å². The van der Waals surface area contributed by atoms with Crippen molar-refractivity contribution in [2.24, 2.45) is 0 Å². The largest absolute Gasteiger partial charge is 0.418 e. The van der Waals surface area contributed by atoms with E-state index in [9.17, 15) is 8.78 Å². The molecular formula is C19H15Cl2F2N3O2. The van der Waals surface area contributed by atoms with E-state index in [1.165, 1.54) is 18.2 Å². The topological polar surface area (TPSA) is 71.2 Å². The molecule has 9 heteroatoms. The first kappa shape index (κ1) is 20.3. The van der Waals surface area contributed by atoms with Gasteiger partial charge in [-0.3, -0.25) is 0 Å². The molecule has 0 radical (unpaired) electrons. The maximum Gasteiger partial charge on any atom is 0.271 e. The second kappa shape index (κ2) is 7.87. The molecule has 0 spiro atoms.